The largest absolute Gasteiger partial charge is 0.390 e. The van der Waals surface area contributed by atoms with Gasteiger partial charge in [-0.1, -0.05) is 30.7 Å². The van der Waals surface area contributed by atoms with Crippen LogP contribution in [-0.2, 0) is 29.6 Å². The lowest BCUT2D eigenvalue weighted by Gasteiger charge is -2.14. The molecule has 0 spiro atoms. The van der Waals surface area contributed by atoms with E-state index in [1.54, 1.807) is 23.7 Å². The van der Waals surface area contributed by atoms with Crippen molar-refractivity contribution in [3.63, 3.8) is 0 Å². The van der Waals surface area contributed by atoms with Crippen molar-refractivity contribution in [2.45, 2.75) is 44.7 Å². The summed E-state index contributed by atoms with van der Waals surface area (Å²) in [5.41, 5.74) is 2.54. The van der Waals surface area contributed by atoms with Crippen LogP contribution in [-0.4, -0.2) is 41.7 Å². The van der Waals surface area contributed by atoms with E-state index in [1.165, 1.54) is 26.2 Å². The topological polar surface area (TPSA) is 75.4 Å². The summed E-state index contributed by atoms with van der Waals surface area (Å²) >= 11 is 6.20. The lowest BCUT2D eigenvalue weighted by Crippen LogP contribution is -2.22. The number of allylic oxidation sites excluding steroid dienone is 2. The molecule has 0 aliphatic carbocycles. The molecule has 1 heterocycles. The van der Waals surface area contributed by atoms with Crippen LogP contribution < -0.4 is 0 Å². The highest BCUT2D eigenvalue weighted by molar-refractivity contribution is 7.89. The summed E-state index contributed by atoms with van der Waals surface area (Å²) in [7, 11) is -0.765. The minimum atomic E-state index is -3.64. The van der Waals surface area contributed by atoms with Crippen LogP contribution in [0.25, 0.3) is 0 Å². The van der Waals surface area contributed by atoms with E-state index >= 15 is 0 Å². The molecule has 0 atom stereocenters. The Labute approximate surface area is 170 Å². The van der Waals surface area contributed by atoms with Gasteiger partial charge in [0.15, 0.2) is 0 Å². The molecule has 0 unspecified atom stereocenters. The molecule has 2 rings (SSSR count). The van der Waals surface area contributed by atoms with Gasteiger partial charge in [-0.05, 0) is 31.0 Å². The van der Waals surface area contributed by atoms with Crippen molar-refractivity contribution < 1.29 is 17.9 Å². The molecule has 0 bridgehead atoms. The maximum atomic E-state index is 14.0. The van der Waals surface area contributed by atoms with Crippen LogP contribution in [0.2, 0.25) is 5.02 Å². The molecule has 9 heteroatoms. The van der Waals surface area contributed by atoms with Crippen molar-refractivity contribution in [1.82, 2.24) is 14.1 Å². The van der Waals surface area contributed by atoms with Gasteiger partial charge in [-0.25, -0.2) is 17.1 Å². The van der Waals surface area contributed by atoms with Gasteiger partial charge in [0.25, 0.3) is 0 Å². The van der Waals surface area contributed by atoms with Crippen molar-refractivity contribution in [3.05, 3.63) is 57.6 Å². The average Bonchev–Trinajstić information content (AvgIpc) is 2.89. The molecule has 0 saturated heterocycles. The lowest BCUT2D eigenvalue weighted by molar-refractivity contribution is 0.268. The average molecular weight is 430 g/mol. The Morgan fingerprint density at radius 1 is 1.39 bits per heavy atom. The number of hydrogen-bond donors (Lipinski definition) is 1. The molecule has 6 nitrogen and oxygen atoms in total. The fraction of sp³-hybridized carbons (Fsp3) is 0.421. The Morgan fingerprint density at radius 2 is 2.07 bits per heavy atom. The number of benzene rings is 1. The molecular weight excluding hydrogens is 405 g/mol. The van der Waals surface area contributed by atoms with Gasteiger partial charge in [0.1, 0.15) is 10.7 Å². The normalized spacial score (nSPS) is 12.8. The van der Waals surface area contributed by atoms with Crippen LogP contribution >= 0.6 is 11.6 Å². The predicted octanol–water partition coefficient (Wildman–Crippen LogP) is 3.44. The zero-order valence-electron chi connectivity index (χ0n) is 16.4. The zero-order valence-corrected chi connectivity index (χ0v) is 18.0. The quantitative estimate of drug-likeness (QED) is 0.697. The van der Waals surface area contributed by atoms with Crippen molar-refractivity contribution >= 4 is 21.6 Å². The van der Waals surface area contributed by atoms with Gasteiger partial charge in [0, 0.05) is 26.1 Å². The Balaban J connectivity index is 2.36. The minimum absolute atomic E-state index is 0.0226. The molecular formula is C19H25ClFN3O3S. The summed E-state index contributed by atoms with van der Waals surface area (Å²) in [6, 6.07) is 4.66. The van der Waals surface area contributed by atoms with Crippen molar-refractivity contribution in [2.75, 3.05) is 14.1 Å². The second-order valence-corrected chi connectivity index (χ2v) is 9.14. The van der Waals surface area contributed by atoms with E-state index < -0.39 is 10.0 Å². The van der Waals surface area contributed by atoms with Crippen LogP contribution in [0.3, 0.4) is 0 Å². The van der Waals surface area contributed by atoms with Crippen LogP contribution in [0.15, 0.2) is 35.0 Å². The van der Waals surface area contributed by atoms with Crippen molar-refractivity contribution in [1.29, 1.82) is 0 Å². The number of nitrogens with zero attached hydrogens (tertiary/aromatic N) is 3. The monoisotopic (exact) mass is 429 g/mol. The van der Waals surface area contributed by atoms with E-state index in [0.29, 0.717) is 23.4 Å². The standard InChI is InChI=1S/C19H25ClFN3O3S/c1-5-6-15(21)10-16-13(2)22-24(18(16)12-25)11-14-7-8-19(17(20)9-14)28(26,27)23(3)4/h6-9,25H,5,10-12H2,1-4H3/b15-6-. The van der Waals surface area contributed by atoms with E-state index in [1.807, 2.05) is 6.92 Å². The third-order valence-electron chi connectivity index (χ3n) is 4.38. The number of aryl methyl sites for hydroxylation is 1. The first kappa shape index (κ1) is 22.5. The van der Waals surface area contributed by atoms with E-state index in [4.69, 9.17) is 11.6 Å². The second-order valence-electron chi connectivity index (χ2n) is 6.61. The predicted molar refractivity (Wildman–Crippen MR) is 107 cm³/mol. The number of aromatic nitrogens is 2. The molecule has 0 saturated carbocycles. The van der Waals surface area contributed by atoms with Gasteiger partial charge in [-0.3, -0.25) is 4.68 Å². The molecule has 0 amide bonds. The van der Waals surface area contributed by atoms with Gasteiger partial charge in [-0.15, -0.1) is 0 Å². The molecule has 28 heavy (non-hydrogen) atoms. The Morgan fingerprint density at radius 3 is 2.61 bits per heavy atom. The SMILES string of the molecule is CC/C=C(\F)Cc1c(C)nn(Cc2ccc(S(=O)(=O)N(C)C)c(Cl)c2)c1CO. The van der Waals surface area contributed by atoms with Gasteiger partial charge in [0.2, 0.25) is 10.0 Å². The van der Waals surface area contributed by atoms with Crippen LogP contribution in [0.4, 0.5) is 4.39 Å². The van der Waals surface area contributed by atoms with Gasteiger partial charge in [0.05, 0.1) is 29.6 Å². The highest BCUT2D eigenvalue weighted by Crippen LogP contribution is 2.26. The number of sulfonamides is 1. The highest BCUT2D eigenvalue weighted by atomic mass is 35.5. The third kappa shape index (κ3) is 4.81. The molecule has 0 fully saturated rings. The number of aliphatic hydroxyl groups is 1. The fourth-order valence-corrected chi connectivity index (χ4v) is 4.32. The summed E-state index contributed by atoms with van der Waals surface area (Å²) in [6.45, 7) is 3.62. The lowest BCUT2D eigenvalue weighted by atomic mass is 10.1. The first-order chi connectivity index (χ1) is 13.1. The summed E-state index contributed by atoms with van der Waals surface area (Å²) in [5.74, 6) is -0.263. The number of aliphatic hydroxyl groups excluding tert-OH is 1. The van der Waals surface area contributed by atoms with Crippen LogP contribution in [0.5, 0.6) is 0 Å². The van der Waals surface area contributed by atoms with Gasteiger partial charge >= 0.3 is 0 Å². The molecule has 154 valence electrons. The first-order valence-electron chi connectivity index (χ1n) is 8.83. The second kappa shape index (κ2) is 9.17. The molecule has 0 aliphatic heterocycles. The van der Waals surface area contributed by atoms with Crippen molar-refractivity contribution in [3.8, 4) is 0 Å². The van der Waals surface area contributed by atoms with Crippen LogP contribution in [0.1, 0.15) is 35.9 Å². The fourth-order valence-electron chi connectivity index (χ4n) is 2.89. The molecule has 1 aromatic heterocycles. The van der Waals surface area contributed by atoms with Gasteiger partial charge in [-0.2, -0.15) is 5.10 Å². The molecule has 0 radical (unpaired) electrons. The summed E-state index contributed by atoms with van der Waals surface area (Å²) < 4.78 is 41.2. The van der Waals surface area contributed by atoms with Crippen molar-refractivity contribution in [2.24, 2.45) is 0 Å². The number of halogens is 2. The zero-order chi connectivity index (χ0) is 21.1. The van der Waals surface area contributed by atoms with Crippen LogP contribution in [0, 0.1) is 6.92 Å². The Kier molecular flexibility index (Phi) is 7.39. The van der Waals surface area contributed by atoms with E-state index in [9.17, 15) is 17.9 Å². The third-order valence-corrected chi connectivity index (χ3v) is 6.67. The smallest absolute Gasteiger partial charge is 0.244 e. The highest BCUT2D eigenvalue weighted by Gasteiger charge is 2.21. The minimum Gasteiger partial charge on any atom is -0.390 e. The Bertz CT molecular complexity index is 985. The number of hydrogen-bond acceptors (Lipinski definition) is 4. The number of rotatable bonds is 8. The first-order valence-corrected chi connectivity index (χ1v) is 10.6. The maximum absolute atomic E-state index is 14.0. The molecule has 1 N–H and O–H groups in total. The Hall–Kier alpha value is -1.74. The van der Waals surface area contributed by atoms with E-state index in [0.717, 1.165) is 9.87 Å². The summed E-state index contributed by atoms with van der Waals surface area (Å²) in [5, 5.41) is 14.3. The maximum Gasteiger partial charge on any atom is 0.244 e. The summed E-state index contributed by atoms with van der Waals surface area (Å²) in [4.78, 5) is 0.0226. The van der Waals surface area contributed by atoms with E-state index in [2.05, 4.69) is 5.10 Å². The van der Waals surface area contributed by atoms with Gasteiger partial charge < -0.3 is 5.11 Å². The van der Waals surface area contributed by atoms with E-state index in [-0.39, 0.29) is 35.3 Å². The summed E-state index contributed by atoms with van der Waals surface area (Å²) in [6.07, 6.45) is 2.17. The molecule has 0 aliphatic rings. The molecule has 1 aromatic carbocycles. The molecule has 2 aromatic rings.